The highest BCUT2D eigenvalue weighted by Crippen LogP contribution is 2.55. The van der Waals surface area contributed by atoms with Crippen molar-refractivity contribution in [2.45, 2.75) is 62.4 Å². The lowest BCUT2D eigenvalue weighted by Gasteiger charge is -2.34. The number of likely N-dealkylation sites (N-methyl/N-ethyl adjacent to an activating group) is 1. The first-order chi connectivity index (χ1) is 19.9. The van der Waals surface area contributed by atoms with E-state index in [1.165, 1.54) is 12.0 Å². The molecule has 1 spiro atoms. The second-order valence-corrected chi connectivity index (χ2v) is 12.2. The Balaban J connectivity index is 1.25. The van der Waals surface area contributed by atoms with Gasteiger partial charge in [-0.25, -0.2) is 0 Å². The minimum Gasteiger partial charge on any atom is -0.359 e. The Labute approximate surface area is 246 Å². The molecule has 2 aromatic rings. The number of ether oxygens (including phenoxy) is 1. The number of rotatable bonds is 9. The van der Waals surface area contributed by atoms with Crippen molar-refractivity contribution in [2.24, 2.45) is 11.8 Å². The lowest BCUT2D eigenvalue weighted by Crippen LogP contribution is -2.57. The Morgan fingerprint density at radius 1 is 1.07 bits per heavy atom. The molecule has 4 aliphatic rings. The molecule has 3 amide bonds. The third-order valence-electron chi connectivity index (χ3n) is 8.99. The van der Waals surface area contributed by atoms with Gasteiger partial charge >= 0.3 is 0 Å². The van der Waals surface area contributed by atoms with Crippen LogP contribution in [0.4, 0.5) is 5.69 Å². The van der Waals surface area contributed by atoms with Crippen LogP contribution in [0.25, 0.3) is 0 Å². The summed E-state index contributed by atoms with van der Waals surface area (Å²) < 4.78 is 6.47. The van der Waals surface area contributed by atoms with Crippen LogP contribution in [0.5, 0.6) is 0 Å². The van der Waals surface area contributed by atoms with Crippen LogP contribution in [0.2, 0.25) is 5.02 Å². The minimum absolute atomic E-state index is 0.0916. The first-order valence-electron chi connectivity index (χ1n) is 14.6. The number of nitrogens with one attached hydrogen (secondary N) is 2. The van der Waals surface area contributed by atoms with Gasteiger partial charge in [0, 0.05) is 36.4 Å². The van der Waals surface area contributed by atoms with E-state index in [0.717, 1.165) is 32.2 Å². The average Bonchev–Trinajstić information content (AvgIpc) is 3.60. The van der Waals surface area contributed by atoms with Crippen molar-refractivity contribution in [3.63, 3.8) is 0 Å². The van der Waals surface area contributed by atoms with Gasteiger partial charge in [-0.15, -0.1) is 0 Å². The summed E-state index contributed by atoms with van der Waals surface area (Å²) in [5.41, 5.74) is 0.557. The second kappa shape index (κ2) is 11.6. The molecule has 8 nitrogen and oxygen atoms in total. The summed E-state index contributed by atoms with van der Waals surface area (Å²) in [5, 5.41) is 6.67. The molecule has 6 rings (SSSR count). The predicted molar refractivity (Wildman–Crippen MR) is 157 cm³/mol. The van der Waals surface area contributed by atoms with Crippen molar-refractivity contribution in [2.75, 3.05) is 25.5 Å². The quantitative estimate of drug-likeness (QED) is 0.440. The number of hydrogen-bond acceptors (Lipinski definition) is 5. The molecule has 9 heteroatoms. The molecule has 2 bridgehead atoms. The van der Waals surface area contributed by atoms with Gasteiger partial charge in [0.2, 0.25) is 17.7 Å². The lowest BCUT2D eigenvalue weighted by atomic mass is 9.74. The zero-order chi connectivity index (χ0) is 28.6. The topological polar surface area (TPSA) is 91.0 Å². The average molecular weight is 577 g/mol. The van der Waals surface area contributed by atoms with Gasteiger partial charge in [-0.2, -0.15) is 0 Å². The van der Waals surface area contributed by atoms with Crippen molar-refractivity contribution >= 4 is 35.0 Å². The number of amides is 3. The largest absolute Gasteiger partial charge is 0.359 e. The third-order valence-corrected chi connectivity index (χ3v) is 9.22. The Morgan fingerprint density at radius 2 is 1.85 bits per heavy atom. The molecule has 1 aliphatic carbocycles. The van der Waals surface area contributed by atoms with Crippen molar-refractivity contribution in [3.8, 4) is 0 Å². The highest BCUT2D eigenvalue weighted by molar-refractivity contribution is 6.30. The number of carbonyl (C=O) groups excluding carboxylic acids is 3. The summed E-state index contributed by atoms with van der Waals surface area (Å²) >= 11 is 6.13. The summed E-state index contributed by atoms with van der Waals surface area (Å²) in [5.74, 6) is -2.24. The normalized spacial score (nSPS) is 28.8. The maximum Gasteiger partial charge on any atom is 0.246 e. The number of carbonyl (C=O) groups is 3. The van der Waals surface area contributed by atoms with E-state index in [1.807, 2.05) is 37.4 Å². The monoisotopic (exact) mass is 576 g/mol. The minimum atomic E-state index is -1.17. The van der Waals surface area contributed by atoms with Crippen LogP contribution >= 0.6 is 11.6 Å². The van der Waals surface area contributed by atoms with Crippen LogP contribution in [0.1, 0.15) is 37.7 Å². The van der Waals surface area contributed by atoms with Crippen molar-refractivity contribution in [3.05, 3.63) is 77.3 Å². The van der Waals surface area contributed by atoms with Crippen LogP contribution in [0.15, 0.2) is 66.7 Å². The van der Waals surface area contributed by atoms with Gasteiger partial charge < -0.3 is 25.2 Å². The summed E-state index contributed by atoms with van der Waals surface area (Å²) in [7, 11) is 2.01. The van der Waals surface area contributed by atoms with Crippen molar-refractivity contribution < 1.29 is 19.1 Å². The molecule has 3 fully saturated rings. The summed E-state index contributed by atoms with van der Waals surface area (Å²) in [6.45, 7) is 1.65. The fourth-order valence-electron chi connectivity index (χ4n) is 7.08. The molecule has 216 valence electrons. The number of likely N-dealkylation sites (tertiary alicyclic amines) is 1. The number of hydrogen-bond donors (Lipinski definition) is 2. The van der Waals surface area contributed by atoms with Crippen LogP contribution in [0, 0.1) is 11.8 Å². The van der Waals surface area contributed by atoms with Crippen LogP contribution < -0.4 is 10.6 Å². The molecule has 1 saturated carbocycles. The second-order valence-electron chi connectivity index (χ2n) is 11.8. The highest BCUT2D eigenvalue weighted by atomic mass is 35.5. The SMILES string of the molecule is CN(CCN1C(=O)[C@H]2[C@@H](C(=O)Nc3cccc(Cl)c3)[C@H]3C=C[C@@]2(O3)[C@@H]1C(=O)NC1CCCCC1)Cc1ccccc1. The van der Waals surface area contributed by atoms with E-state index in [0.29, 0.717) is 23.8 Å². The summed E-state index contributed by atoms with van der Waals surface area (Å²) in [6, 6.07) is 16.3. The van der Waals surface area contributed by atoms with E-state index in [1.54, 1.807) is 29.2 Å². The van der Waals surface area contributed by atoms with Crippen molar-refractivity contribution in [1.29, 1.82) is 0 Å². The van der Waals surface area contributed by atoms with Crippen LogP contribution in [0.3, 0.4) is 0 Å². The van der Waals surface area contributed by atoms with E-state index in [2.05, 4.69) is 27.7 Å². The predicted octanol–water partition coefficient (Wildman–Crippen LogP) is 4.01. The van der Waals surface area contributed by atoms with Crippen LogP contribution in [-0.2, 0) is 25.7 Å². The molecule has 41 heavy (non-hydrogen) atoms. The van der Waals surface area contributed by atoms with E-state index in [-0.39, 0.29) is 23.8 Å². The maximum absolute atomic E-state index is 14.2. The molecule has 0 unspecified atom stereocenters. The molecule has 3 heterocycles. The fraction of sp³-hybridized carbons (Fsp3) is 0.469. The van der Waals surface area contributed by atoms with E-state index < -0.39 is 29.6 Å². The fourth-order valence-corrected chi connectivity index (χ4v) is 7.27. The smallest absolute Gasteiger partial charge is 0.246 e. The third kappa shape index (κ3) is 5.41. The number of benzene rings is 2. The van der Waals surface area contributed by atoms with Gasteiger partial charge in [-0.1, -0.05) is 79.4 Å². The molecule has 2 aromatic carbocycles. The summed E-state index contributed by atoms with van der Waals surface area (Å²) in [4.78, 5) is 45.6. The van der Waals surface area contributed by atoms with E-state index >= 15 is 0 Å². The zero-order valence-corrected chi connectivity index (χ0v) is 24.1. The van der Waals surface area contributed by atoms with E-state index in [4.69, 9.17) is 16.3 Å². The molecule has 2 saturated heterocycles. The zero-order valence-electron chi connectivity index (χ0n) is 23.3. The van der Waals surface area contributed by atoms with Gasteiger partial charge in [0.05, 0.1) is 17.9 Å². The highest BCUT2D eigenvalue weighted by Gasteiger charge is 2.72. The van der Waals surface area contributed by atoms with Gasteiger partial charge in [-0.05, 0) is 43.7 Å². The first kappa shape index (κ1) is 27.9. The molecule has 0 aromatic heterocycles. The number of fused-ring (bicyclic) bond motifs is 1. The van der Waals surface area contributed by atoms with Gasteiger partial charge in [0.15, 0.2) is 0 Å². The molecule has 3 aliphatic heterocycles. The Bertz CT molecular complexity index is 1330. The Kier molecular flexibility index (Phi) is 7.90. The molecular weight excluding hydrogens is 540 g/mol. The van der Waals surface area contributed by atoms with Gasteiger partial charge in [-0.3, -0.25) is 14.4 Å². The number of halogens is 1. The molecule has 0 radical (unpaired) electrons. The first-order valence-corrected chi connectivity index (χ1v) is 15.0. The maximum atomic E-state index is 14.2. The Morgan fingerprint density at radius 3 is 2.61 bits per heavy atom. The molecule has 5 atom stereocenters. The lowest BCUT2D eigenvalue weighted by molar-refractivity contribution is -0.141. The number of anilines is 1. The van der Waals surface area contributed by atoms with Crippen molar-refractivity contribution in [1.82, 2.24) is 15.1 Å². The van der Waals surface area contributed by atoms with Gasteiger partial charge in [0.25, 0.3) is 0 Å². The summed E-state index contributed by atoms with van der Waals surface area (Å²) in [6.07, 6.45) is 8.36. The standard InChI is InChI=1S/C32H37ClN4O4/c1-36(20-21-9-4-2-5-10-21)17-18-37-28(30(39)34-23-12-6-3-7-13-23)32-16-15-25(41-32)26(27(32)31(37)40)29(38)35-24-14-8-11-22(33)19-24/h2,4-5,8-11,14-16,19,23,25-28H,3,6-7,12-13,17-18,20H2,1H3,(H,34,39)(H,35,38)/t25-,26+,27-,28+,32+/m1/s1. The van der Waals surface area contributed by atoms with E-state index in [9.17, 15) is 14.4 Å². The molecule has 2 N–H and O–H groups in total. The van der Waals surface area contributed by atoms with Crippen LogP contribution in [-0.4, -0.2) is 71.4 Å². The number of nitrogens with zero attached hydrogens (tertiary/aromatic N) is 2. The Hall–Kier alpha value is -3.20. The molecular formula is C32H37ClN4O4. The van der Waals surface area contributed by atoms with Gasteiger partial charge in [0.1, 0.15) is 11.6 Å².